The molecule has 4 aromatic rings. The van der Waals surface area contributed by atoms with Crippen molar-refractivity contribution in [2.24, 2.45) is 0 Å². The summed E-state index contributed by atoms with van der Waals surface area (Å²) in [6, 6.07) is 16.6. The van der Waals surface area contributed by atoms with Crippen molar-refractivity contribution >= 4 is 11.6 Å². The van der Waals surface area contributed by atoms with E-state index < -0.39 is 22.2 Å². The van der Waals surface area contributed by atoms with Gasteiger partial charge in [0.25, 0.3) is 10.8 Å². The van der Waals surface area contributed by atoms with Gasteiger partial charge in [-0.05, 0) is 35.7 Å². The third-order valence-corrected chi connectivity index (χ3v) is 5.96. The van der Waals surface area contributed by atoms with Gasteiger partial charge < -0.3 is 9.64 Å². The van der Waals surface area contributed by atoms with E-state index in [1.54, 1.807) is 11.0 Å². The van der Waals surface area contributed by atoms with E-state index in [1.165, 1.54) is 18.2 Å². The Kier molecular flexibility index (Phi) is 5.74. The van der Waals surface area contributed by atoms with E-state index in [1.807, 2.05) is 54.3 Å². The SMILES string of the molecule is CCn1cc(-c2ccc(CN3Cc4cccc(Oc5c(F)cccc5[N+](=O)O)c4C3=O)cc2)cn1. The van der Waals surface area contributed by atoms with E-state index >= 15 is 0 Å². The summed E-state index contributed by atoms with van der Waals surface area (Å²) in [5.74, 6) is -1.43. The van der Waals surface area contributed by atoms with E-state index in [-0.39, 0.29) is 11.7 Å². The minimum absolute atomic E-state index is 0.117. The second-order valence-electron chi connectivity index (χ2n) is 8.20. The summed E-state index contributed by atoms with van der Waals surface area (Å²) in [5, 5.41) is 13.6. The molecule has 0 saturated carbocycles. The molecule has 1 amide bonds. The molecule has 1 aliphatic heterocycles. The molecular weight excluding hydrogens is 451 g/mol. The largest absolute Gasteiger partial charge is 0.446 e. The molecule has 1 N–H and O–H groups in total. The monoisotopic (exact) mass is 473 g/mol. The lowest BCUT2D eigenvalue weighted by atomic mass is 10.1. The Morgan fingerprint density at radius 2 is 1.86 bits per heavy atom. The number of para-hydroxylation sites is 1. The van der Waals surface area contributed by atoms with Crippen LogP contribution in [-0.2, 0) is 19.6 Å². The number of ether oxygens (including phenoxy) is 1. The fourth-order valence-corrected chi connectivity index (χ4v) is 4.17. The smallest absolute Gasteiger partial charge is 0.361 e. The Bertz CT molecular complexity index is 1430. The van der Waals surface area contributed by atoms with Crippen LogP contribution in [-0.4, -0.2) is 30.7 Å². The summed E-state index contributed by atoms with van der Waals surface area (Å²) in [5.41, 5.74) is 3.67. The van der Waals surface area contributed by atoms with Crippen LogP contribution in [0.2, 0.25) is 0 Å². The molecule has 9 heteroatoms. The van der Waals surface area contributed by atoms with Crippen LogP contribution >= 0.6 is 0 Å². The summed E-state index contributed by atoms with van der Waals surface area (Å²) in [6.45, 7) is 3.59. The predicted octanol–water partition coefficient (Wildman–Crippen LogP) is 5.46. The maximum atomic E-state index is 14.4. The number of benzene rings is 3. The van der Waals surface area contributed by atoms with Crippen LogP contribution in [0, 0.1) is 10.7 Å². The van der Waals surface area contributed by atoms with Crippen molar-refractivity contribution in [3.8, 4) is 22.6 Å². The van der Waals surface area contributed by atoms with Gasteiger partial charge in [0.2, 0.25) is 5.75 Å². The first-order valence-corrected chi connectivity index (χ1v) is 11.1. The minimum atomic E-state index is -0.832. The second kappa shape index (κ2) is 9.02. The summed E-state index contributed by atoms with van der Waals surface area (Å²) in [6.07, 6.45) is 3.81. The first-order valence-electron chi connectivity index (χ1n) is 11.1. The number of hydrogen-bond acceptors (Lipinski definition) is 4. The lowest BCUT2D eigenvalue weighted by Gasteiger charge is -2.16. The van der Waals surface area contributed by atoms with Crippen LogP contribution in [0.25, 0.3) is 11.1 Å². The van der Waals surface area contributed by atoms with Crippen molar-refractivity contribution in [2.75, 3.05) is 0 Å². The van der Waals surface area contributed by atoms with Crippen LogP contribution in [0.4, 0.5) is 10.1 Å². The fourth-order valence-electron chi connectivity index (χ4n) is 4.17. The van der Waals surface area contributed by atoms with Crippen molar-refractivity contribution in [1.82, 2.24) is 14.7 Å². The van der Waals surface area contributed by atoms with Gasteiger partial charge in [0.1, 0.15) is 5.75 Å². The van der Waals surface area contributed by atoms with Gasteiger partial charge >= 0.3 is 5.69 Å². The van der Waals surface area contributed by atoms with E-state index in [0.29, 0.717) is 18.7 Å². The number of fused-ring (bicyclic) bond motifs is 1. The highest BCUT2D eigenvalue weighted by atomic mass is 19.1. The average molecular weight is 473 g/mol. The molecule has 0 spiro atoms. The Labute approximate surface area is 200 Å². The molecule has 0 atom stereocenters. The quantitative estimate of drug-likeness (QED) is 0.360. The summed E-state index contributed by atoms with van der Waals surface area (Å²) in [4.78, 5) is 25.9. The van der Waals surface area contributed by atoms with Crippen molar-refractivity contribution in [1.29, 1.82) is 0 Å². The van der Waals surface area contributed by atoms with Gasteiger partial charge in [-0.25, -0.2) is 9.60 Å². The first kappa shape index (κ1) is 22.3. The minimum Gasteiger partial charge on any atom is -0.446 e. The zero-order valence-electron chi connectivity index (χ0n) is 18.9. The molecule has 1 aliphatic rings. The summed E-state index contributed by atoms with van der Waals surface area (Å²) < 4.78 is 21.9. The number of carbonyl (C=O) groups is 1. The molecule has 3 aromatic carbocycles. The van der Waals surface area contributed by atoms with Gasteiger partial charge in [-0.3, -0.25) is 9.48 Å². The van der Waals surface area contributed by atoms with Gasteiger partial charge in [0, 0.05) is 37.5 Å². The van der Waals surface area contributed by atoms with Crippen molar-refractivity contribution < 1.29 is 24.1 Å². The number of aromatic nitrogens is 2. The first-order chi connectivity index (χ1) is 16.9. The van der Waals surface area contributed by atoms with Crippen LogP contribution < -0.4 is 4.74 Å². The van der Waals surface area contributed by atoms with E-state index in [9.17, 15) is 19.3 Å². The molecule has 0 unspecified atom stereocenters. The van der Waals surface area contributed by atoms with Crippen LogP contribution in [0.1, 0.15) is 28.4 Å². The molecule has 2 heterocycles. The number of carbonyl (C=O) groups excluding carboxylic acids is 1. The molecule has 0 bridgehead atoms. The fraction of sp³-hybridized carbons (Fsp3) is 0.154. The molecule has 0 aliphatic carbocycles. The number of rotatable bonds is 7. The van der Waals surface area contributed by atoms with Gasteiger partial charge in [0.05, 0.1) is 16.7 Å². The summed E-state index contributed by atoms with van der Waals surface area (Å²) in [7, 11) is 0. The topological polar surface area (TPSA) is 87.7 Å². The number of halogens is 1. The van der Waals surface area contributed by atoms with Gasteiger partial charge in [0.15, 0.2) is 5.82 Å². The van der Waals surface area contributed by atoms with E-state index in [0.717, 1.165) is 34.9 Å². The lowest BCUT2D eigenvalue weighted by Crippen LogP contribution is -2.23. The third kappa shape index (κ3) is 4.23. The maximum absolute atomic E-state index is 14.4. The molecule has 0 fully saturated rings. The molecule has 176 valence electrons. The average Bonchev–Trinajstić information content (AvgIpc) is 3.46. The number of hydrogen-bond donors (Lipinski definition) is 1. The number of amides is 1. The van der Waals surface area contributed by atoms with Gasteiger partial charge in [-0.15, -0.1) is 0 Å². The highest BCUT2D eigenvalue weighted by molar-refractivity contribution is 6.01. The Balaban J connectivity index is 1.36. The zero-order valence-corrected chi connectivity index (χ0v) is 18.9. The van der Waals surface area contributed by atoms with Gasteiger partial charge in [-0.2, -0.15) is 5.10 Å². The van der Waals surface area contributed by atoms with Crippen LogP contribution in [0.3, 0.4) is 0 Å². The molecule has 5 rings (SSSR count). The Morgan fingerprint density at radius 3 is 2.57 bits per heavy atom. The Morgan fingerprint density at radius 1 is 1.09 bits per heavy atom. The normalized spacial score (nSPS) is 12.6. The highest BCUT2D eigenvalue weighted by Gasteiger charge is 2.33. The predicted molar refractivity (Wildman–Crippen MR) is 125 cm³/mol. The van der Waals surface area contributed by atoms with Gasteiger partial charge in [-0.1, -0.05) is 42.5 Å². The molecule has 8 nitrogen and oxygen atoms in total. The van der Waals surface area contributed by atoms with Crippen LogP contribution in [0.15, 0.2) is 73.1 Å². The summed E-state index contributed by atoms with van der Waals surface area (Å²) >= 11 is 0. The van der Waals surface area contributed by atoms with E-state index in [2.05, 4.69) is 5.10 Å². The van der Waals surface area contributed by atoms with Crippen molar-refractivity contribution in [2.45, 2.75) is 26.6 Å². The second-order valence-corrected chi connectivity index (χ2v) is 8.20. The van der Waals surface area contributed by atoms with Crippen molar-refractivity contribution in [3.63, 3.8) is 0 Å². The highest BCUT2D eigenvalue weighted by Crippen LogP contribution is 2.38. The standard InChI is InChI=1S/C26H22FN4O4/c1-2-30-16-20(13-28-30)18-11-9-17(10-12-18)14-29-15-19-5-3-8-23(24(19)26(29)32)35-25-21(27)6-4-7-22(25)31(33)34/h3-13,16H,2,14-15H2,1H3,(H,33,34)/q+1. The maximum Gasteiger partial charge on any atom is 0.361 e. The molecule has 35 heavy (non-hydrogen) atoms. The van der Waals surface area contributed by atoms with E-state index in [4.69, 9.17) is 4.74 Å². The Hall–Kier alpha value is -4.53. The molecule has 0 saturated heterocycles. The molecule has 1 aromatic heterocycles. The van der Waals surface area contributed by atoms with Crippen molar-refractivity contribution in [3.05, 3.63) is 100 Å². The number of nitrogens with zero attached hydrogens (tertiary/aromatic N) is 4. The number of aryl methyl sites for hydroxylation is 1. The molecule has 0 radical (unpaired) electrons. The zero-order chi connectivity index (χ0) is 24.5. The lowest BCUT2D eigenvalue weighted by molar-refractivity contribution is -0.730. The molecular formula is C26H22FN4O4+. The van der Waals surface area contributed by atoms with Crippen LogP contribution in [0.5, 0.6) is 11.5 Å². The third-order valence-electron chi connectivity index (χ3n) is 5.96.